The van der Waals surface area contributed by atoms with Crippen LogP contribution in [0.25, 0.3) is 0 Å². The lowest BCUT2D eigenvalue weighted by atomic mass is 9.88. The molecule has 100 valence electrons. The Balaban J connectivity index is 2.21. The van der Waals surface area contributed by atoms with Crippen LogP contribution < -0.4 is 5.32 Å². The third kappa shape index (κ3) is 2.29. The zero-order valence-electron chi connectivity index (χ0n) is 11.5. The molecule has 2 rings (SSSR count). The second-order valence-electron chi connectivity index (χ2n) is 5.00. The van der Waals surface area contributed by atoms with Crippen LogP contribution in [0.3, 0.4) is 0 Å². The molecule has 0 bridgehead atoms. The summed E-state index contributed by atoms with van der Waals surface area (Å²) in [5.74, 6) is 0.172. The van der Waals surface area contributed by atoms with E-state index in [1.54, 1.807) is 18.3 Å². The van der Waals surface area contributed by atoms with Crippen molar-refractivity contribution in [2.45, 2.75) is 39.2 Å². The van der Waals surface area contributed by atoms with E-state index in [-0.39, 0.29) is 11.4 Å². The van der Waals surface area contributed by atoms with Gasteiger partial charge in [-0.25, -0.2) is 4.98 Å². The number of aromatic nitrogens is 1. The molecule has 1 aliphatic rings. The quantitative estimate of drug-likeness (QED) is 0.889. The van der Waals surface area contributed by atoms with Gasteiger partial charge < -0.3 is 10.2 Å². The van der Waals surface area contributed by atoms with Crippen LogP contribution in [0.5, 0.6) is 0 Å². The van der Waals surface area contributed by atoms with Crippen molar-refractivity contribution < 1.29 is 4.79 Å². The number of rotatable bonds is 2. The molecule has 1 N–H and O–H groups in total. The van der Waals surface area contributed by atoms with Crippen LogP contribution in [-0.4, -0.2) is 35.9 Å². The van der Waals surface area contributed by atoms with Crippen molar-refractivity contribution in [3.05, 3.63) is 15.6 Å². The Morgan fingerprint density at radius 1 is 1.39 bits per heavy atom. The lowest BCUT2D eigenvalue weighted by Crippen LogP contribution is -2.50. The summed E-state index contributed by atoms with van der Waals surface area (Å²) in [6.07, 6.45) is 1.88. The minimum absolute atomic E-state index is 0.0460. The van der Waals surface area contributed by atoms with E-state index in [9.17, 15) is 4.79 Å². The normalized spacial score (nSPS) is 19.0. The van der Waals surface area contributed by atoms with E-state index in [1.807, 2.05) is 11.9 Å². The van der Waals surface area contributed by atoms with Gasteiger partial charge in [-0.1, -0.05) is 0 Å². The second-order valence-corrected chi connectivity index (χ2v) is 6.20. The molecule has 18 heavy (non-hydrogen) atoms. The van der Waals surface area contributed by atoms with Gasteiger partial charge in [-0.15, -0.1) is 11.3 Å². The molecule has 0 aliphatic carbocycles. The Bertz CT molecular complexity index is 428. The van der Waals surface area contributed by atoms with E-state index in [0.29, 0.717) is 0 Å². The zero-order chi connectivity index (χ0) is 13.3. The van der Waals surface area contributed by atoms with Gasteiger partial charge in [0.2, 0.25) is 5.91 Å². The van der Waals surface area contributed by atoms with Crippen molar-refractivity contribution in [3.63, 3.8) is 0 Å². The molecule has 2 heterocycles. The summed E-state index contributed by atoms with van der Waals surface area (Å²) in [5.41, 5.74) is 1.08. The topological polar surface area (TPSA) is 45.2 Å². The monoisotopic (exact) mass is 267 g/mol. The molecule has 5 heteroatoms. The van der Waals surface area contributed by atoms with Crippen LogP contribution in [-0.2, 0) is 10.3 Å². The van der Waals surface area contributed by atoms with E-state index >= 15 is 0 Å². The number of aryl methyl sites for hydroxylation is 2. The third-order valence-corrected chi connectivity index (χ3v) is 5.26. The van der Waals surface area contributed by atoms with Gasteiger partial charge in [-0.05, 0) is 33.7 Å². The Hall–Kier alpha value is -0.940. The molecule has 0 unspecified atom stereocenters. The number of piperidine rings is 1. The fourth-order valence-electron chi connectivity index (χ4n) is 2.45. The van der Waals surface area contributed by atoms with Gasteiger partial charge in [-0.2, -0.15) is 0 Å². The highest BCUT2D eigenvalue weighted by atomic mass is 32.1. The Kier molecular flexibility index (Phi) is 3.73. The Labute approximate surface area is 112 Å². The molecule has 1 aromatic heterocycles. The number of thiazole rings is 1. The van der Waals surface area contributed by atoms with Crippen LogP contribution in [0.4, 0.5) is 0 Å². The zero-order valence-corrected chi connectivity index (χ0v) is 12.4. The largest absolute Gasteiger partial charge is 0.343 e. The molecular weight excluding hydrogens is 246 g/mol. The van der Waals surface area contributed by atoms with Crippen molar-refractivity contribution in [2.24, 2.45) is 0 Å². The van der Waals surface area contributed by atoms with Crippen molar-refractivity contribution in [3.8, 4) is 0 Å². The molecule has 4 nitrogen and oxygen atoms in total. The van der Waals surface area contributed by atoms with Gasteiger partial charge in [-0.3, -0.25) is 4.79 Å². The van der Waals surface area contributed by atoms with Gasteiger partial charge in [0.15, 0.2) is 0 Å². The summed E-state index contributed by atoms with van der Waals surface area (Å²) in [6, 6.07) is 0. The van der Waals surface area contributed by atoms with E-state index < -0.39 is 0 Å². The molecule has 1 saturated heterocycles. The molecule has 1 fully saturated rings. The van der Waals surface area contributed by atoms with Gasteiger partial charge in [0.1, 0.15) is 5.01 Å². The number of nitrogens with zero attached hydrogens (tertiary/aromatic N) is 2. The number of carbonyl (C=O) groups is 1. The number of nitrogens with one attached hydrogen (secondary N) is 1. The predicted molar refractivity (Wildman–Crippen MR) is 73.8 cm³/mol. The van der Waals surface area contributed by atoms with Crippen molar-refractivity contribution in [1.29, 1.82) is 0 Å². The van der Waals surface area contributed by atoms with Crippen LogP contribution in [0.15, 0.2) is 0 Å². The summed E-state index contributed by atoms with van der Waals surface area (Å²) in [5, 5.41) is 4.61. The molecule has 0 radical (unpaired) electrons. The highest BCUT2D eigenvalue weighted by Crippen LogP contribution is 2.36. The van der Waals surface area contributed by atoms with E-state index in [1.165, 1.54) is 9.88 Å². The average molecular weight is 267 g/mol. The van der Waals surface area contributed by atoms with E-state index in [2.05, 4.69) is 19.2 Å². The summed E-state index contributed by atoms with van der Waals surface area (Å²) in [6.45, 7) is 7.44. The number of hydrogen-bond donors (Lipinski definition) is 1. The molecule has 1 aromatic rings. The first-order chi connectivity index (χ1) is 8.48. The van der Waals surface area contributed by atoms with Gasteiger partial charge >= 0.3 is 0 Å². The van der Waals surface area contributed by atoms with Crippen LogP contribution in [0.2, 0.25) is 0 Å². The van der Waals surface area contributed by atoms with Crippen molar-refractivity contribution in [1.82, 2.24) is 15.2 Å². The number of hydrogen-bond acceptors (Lipinski definition) is 4. The smallest absolute Gasteiger partial charge is 0.219 e. The molecule has 0 aromatic carbocycles. The standard InChI is InChI=1S/C13H21N3OS/c1-9-10(2)18-12(15-9)13(14-4)5-7-16(8-6-13)11(3)17/h14H,5-8H2,1-4H3. The maximum absolute atomic E-state index is 11.4. The summed E-state index contributed by atoms with van der Waals surface area (Å²) < 4.78 is 0. The summed E-state index contributed by atoms with van der Waals surface area (Å²) in [7, 11) is 2.00. The Morgan fingerprint density at radius 2 is 2.00 bits per heavy atom. The van der Waals surface area contributed by atoms with Crippen LogP contribution in [0, 0.1) is 13.8 Å². The summed E-state index contributed by atoms with van der Waals surface area (Å²) in [4.78, 5) is 19.3. The fourth-order valence-corrected chi connectivity index (χ4v) is 3.62. The van der Waals surface area contributed by atoms with Gasteiger partial charge in [0.05, 0.1) is 11.2 Å². The third-order valence-electron chi connectivity index (χ3n) is 3.98. The highest BCUT2D eigenvalue weighted by Gasteiger charge is 2.38. The first-order valence-electron chi connectivity index (χ1n) is 6.37. The molecule has 1 aliphatic heterocycles. The molecule has 0 atom stereocenters. The predicted octanol–water partition coefficient (Wildman–Crippen LogP) is 1.82. The molecule has 0 saturated carbocycles. The Morgan fingerprint density at radius 3 is 2.39 bits per heavy atom. The van der Waals surface area contributed by atoms with Gasteiger partial charge in [0, 0.05) is 24.9 Å². The van der Waals surface area contributed by atoms with Gasteiger partial charge in [0.25, 0.3) is 0 Å². The lowest BCUT2D eigenvalue weighted by Gasteiger charge is -2.40. The first kappa shape index (κ1) is 13.5. The number of carbonyl (C=O) groups excluding carboxylic acids is 1. The minimum atomic E-state index is -0.0460. The maximum Gasteiger partial charge on any atom is 0.219 e. The minimum Gasteiger partial charge on any atom is -0.343 e. The van der Waals surface area contributed by atoms with Crippen molar-refractivity contribution in [2.75, 3.05) is 20.1 Å². The fraction of sp³-hybridized carbons (Fsp3) is 0.692. The summed E-state index contributed by atoms with van der Waals surface area (Å²) >= 11 is 1.78. The van der Waals surface area contributed by atoms with Crippen LogP contribution in [0.1, 0.15) is 35.3 Å². The second kappa shape index (κ2) is 4.97. The first-order valence-corrected chi connectivity index (χ1v) is 7.19. The molecular formula is C13H21N3OS. The van der Waals surface area contributed by atoms with Crippen molar-refractivity contribution >= 4 is 17.2 Å². The van der Waals surface area contributed by atoms with E-state index in [0.717, 1.165) is 31.6 Å². The number of amides is 1. The molecule has 1 amide bonds. The maximum atomic E-state index is 11.4. The van der Waals surface area contributed by atoms with E-state index in [4.69, 9.17) is 4.98 Å². The highest BCUT2D eigenvalue weighted by molar-refractivity contribution is 7.11. The lowest BCUT2D eigenvalue weighted by molar-refractivity contribution is -0.130. The number of likely N-dealkylation sites (tertiary alicyclic amines) is 1. The molecule has 0 spiro atoms. The average Bonchev–Trinajstić information content (AvgIpc) is 2.70. The SMILES string of the molecule is CNC1(c2nc(C)c(C)s2)CCN(C(C)=O)CC1. The van der Waals surface area contributed by atoms with Crippen LogP contribution >= 0.6 is 11.3 Å².